The molecule has 9 heteroatoms. The summed E-state index contributed by atoms with van der Waals surface area (Å²) in [5.74, 6) is 0.346. The standard InChI is InChI=1S/C28H27ClN2O5S/c1-6-12-36-25-20(29)13-18(14-21(25)34-5)15-22-26(32)31-24(19-10-8-16(3)9-11-19)23(27(33)35-7-2)17(4)30-28(31)37-22/h6,8-11,13-15,24H,1,7,12H2,2-5H3/b22-15+/t24-/m1/s1. The van der Waals surface area contributed by atoms with Crippen molar-refractivity contribution in [2.75, 3.05) is 20.3 Å². The van der Waals surface area contributed by atoms with E-state index >= 15 is 0 Å². The summed E-state index contributed by atoms with van der Waals surface area (Å²) in [6, 6.07) is 10.5. The van der Waals surface area contributed by atoms with Crippen LogP contribution in [0.2, 0.25) is 5.02 Å². The molecule has 2 aromatic carbocycles. The molecule has 7 nitrogen and oxygen atoms in total. The van der Waals surface area contributed by atoms with Gasteiger partial charge in [0, 0.05) is 0 Å². The molecule has 192 valence electrons. The van der Waals surface area contributed by atoms with Crippen molar-refractivity contribution in [3.05, 3.63) is 102 Å². The van der Waals surface area contributed by atoms with Crippen molar-refractivity contribution in [3.8, 4) is 11.5 Å². The zero-order valence-corrected chi connectivity index (χ0v) is 22.6. The second-order valence-electron chi connectivity index (χ2n) is 8.35. The summed E-state index contributed by atoms with van der Waals surface area (Å²) in [7, 11) is 1.52. The lowest BCUT2D eigenvalue weighted by molar-refractivity contribution is -0.139. The van der Waals surface area contributed by atoms with Gasteiger partial charge in [-0.2, -0.15) is 0 Å². The highest BCUT2D eigenvalue weighted by Gasteiger charge is 2.33. The van der Waals surface area contributed by atoms with Crippen molar-refractivity contribution in [1.29, 1.82) is 0 Å². The van der Waals surface area contributed by atoms with Crippen LogP contribution in [0.25, 0.3) is 6.08 Å². The van der Waals surface area contributed by atoms with E-state index in [1.807, 2.05) is 31.2 Å². The predicted octanol–water partition coefficient (Wildman–Crippen LogP) is 4.33. The minimum Gasteiger partial charge on any atom is -0.493 e. The van der Waals surface area contributed by atoms with Crippen LogP contribution in [0.1, 0.15) is 36.6 Å². The SMILES string of the molecule is C=CCOc1c(Cl)cc(/C=c2/sc3n(c2=O)[C@H](c2ccc(C)cc2)C(C(=O)OCC)=C(C)N=3)cc1OC. The number of ether oxygens (including phenoxy) is 3. The van der Waals surface area contributed by atoms with Crippen molar-refractivity contribution >= 4 is 35.0 Å². The monoisotopic (exact) mass is 538 g/mol. The summed E-state index contributed by atoms with van der Waals surface area (Å²) < 4.78 is 18.4. The van der Waals surface area contributed by atoms with Gasteiger partial charge in [0.2, 0.25) is 0 Å². The smallest absolute Gasteiger partial charge is 0.338 e. The maximum Gasteiger partial charge on any atom is 0.338 e. The number of aromatic nitrogens is 1. The normalized spacial score (nSPS) is 15.2. The number of thiazole rings is 1. The van der Waals surface area contributed by atoms with Gasteiger partial charge in [-0.1, -0.05) is 65.4 Å². The van der Waals surface area contributed by atoms with Gasteiger partial charge in [-0.15, -0.1) is 0 Å². The number of allylic oxidation sites excluding steroid dienone is 1. The Morgan fingerprint density at radius 2 is 1.97 bits per heavy atom. The third kappa shape index (κ3) is 5.26. The lowest BCUT2D eigenvalue weighted by atomic mass is 9.95. The molecular formula is C28H27ClN2O5S. The van der Waals surface area contributed by atoms with Crippen LogP contribution in [-0.4, -0.2) is 30.9 Å². The van der Waals surface area contributed by atoms with Crippen molar-refractivity contribution < 1.29 is 19.0 Å². The van der Waals surface area contributed by atoms with Gasteiger partial charge >= 0.3 is 5.97 Å². The number of halogens is 1. The van der Waals surface area contributed by atoms with E-state index < -0.39 is 12.0 Å². The summed E-state index contributed by atoms with van der Waals surface area (Å²) in [5, 5.41) is 0.346. The van der Waals surface area contributed by atoms with Gasteiger partial charge in [-0.25, -0.2) is 9.79 Å². The molecule has 37 heavy (non-hydrogen) atoms. The Bertz CT molecular complexity index is 1570. The molecule has 0 fully saturated rings. The Balaban J connectivity index is 1.90. The molecule has 3 aromatic rings. The van der Waals surface area contributed by atoms with Crippen LogP contribution in [0.4, 0.5) is 0 Å². The fraction of sp³-hybridized carbons (Fsp3) is 0.250. The molecule has 0 unspecified atom stereocenters. The number of carbonyl (C=O) groups is 1. The van der Waals surface area contributed by atoms with Gasteiger partial charge < -0.3 is 14.2 Å². The number of hydrogen-bond donors (Lipinski definition) is 0. The van der Waals surface area contributed by atoms with Gasteiger partial charge in [0.1, 0.15) is 6.61 Å². The number of methoxy groups -OCH3 is 1. The molecule has 0 saturated carbocycles. The lowest BCUT2D eigenvalue weighted by Crippen LogP contribution is -2.39. The van der Waals surface area contributed by atoms with Crippen LogP contribution in [0, 0.1) is 6.92 Å². The minimum absolute atomic E-state index is 0.218. The summed E-state index contributed by atoms with van der Waals surface area (Å²) >= 11 is 7.70. The molecule has 2 heterocycles. The van der Waals surface area contributed by atoms with Crippen LogP contribution in [-0.2, 0) is 9.53 Å². The Morgan fingerprint density at radius 3 is 2.62 bits per heavy atom. The topological polar surface area (TPSA) is 79.1 Å². The highest BCUT2D eigenvalue weighted by atomic mass is 35.5. The lowest BCUT2D eigenvalue weighted by Gasteiger charge is -2.24. The largest absolute Gasteiger partial charge is 0.493 e. The summed E-state index contributed by atoms with van der Waals surface area (Å²) in [5.41, 5.74) is 3.12. The second-order valence-corrected chi connectivity index (χ2v) is 9.76. The van der Waals surface area contributed by atoms with Gasteiger partial charge in [-0.3, -0.25) is 9.36 Å². The Hall–Kier alpha value is -3.62. The number of esters is 1. The highest BCUT2D eigenvalue weighted by molar-refractivity contribution is 7.07. The first-order valence-corrected chi connectivity index (χ1v) is 12.9. The number of fused-ring (bicyclic) bond motifs is 1. The number of aryl methyl sites for hydroxylation is 1. The van der Waals surface area contributed by atoms with E-state index in [-0.39, 0.29) is 18.8 Å². The first-order chi connectivity index (χ1) is 17.8. The Kier molecular flexibility index (Phi) is 8.00. The second kappa shape index (κ2) is 11.2. The van der Waals surface area contributed by atoms with Crippen LogP contribution in [0.15, 0.2) is 70.1 Å². The predicted molar refractivity (Wildman–Crippen MR) is 145 cm³/mol. The number of benzene rings is 2. The van der Waals surface area contributed by atoms with Crippen molar-refractivity contribution in [1.82, 2.24) is 4.57 Å². The molecule has 0 bridgehead atoms. The third-order valence-corrected chi connectivity index (χ3v) is 7.07. The maximum atomic E-state index is 13.8. The molecule has 0 radical (unpaired) electrons. The van der Waals surface area contributed by atoms with Crippen molar-refractivity contribution in [3.63, 3.8) is 0 Å². The highest BCUT2D eigenvalue weighted by Crippen LogP contribution is 2.37. The molecule has 0 amide bonds. The average molecular weight is 539 g/mol. The summed E-state index contributed by atoms with van der Waals surface area (Å²) in [6.45, 7) is 9.63. The molecule has 1 aliphatic heterocycles. The van der Waals surface area contributed by atoms with E-state index in [0.717, 1.165) is 11.1 Å². The van der Waals surface area contributed by atoms with Crippen molar-refractivity contribution in [2.45, 2.75) is 26.8 Å². The van der Waals surface area contributed by atoms with Crippen LogP contribution in [0.3, 0.4) is 0 Å². The molecule has 0 aliphatic carbocycles. The van der Waals surface area contributed by atoms with E-state index in [9.17, 15) is 9.59 Å². The van der Waals surface area contributed by atoms with E-state index in [4.69, 9.17) is 25.8 Å². The van der Waals surface area contributed by atoms with Crippen LogP contribution >= 0.6 is 22.9 Å². The maximum absolute atomic E-state index is 13.8. The molecule has 0 saturated heterocycles. The van der Waals surface area contributed by atoms with E-state index in [0.29, 0.717) is 42.7 Å². The zero-order valence-electron chi connectivity index (χ0n) is 21.0. The molecule has 0 N–H and O–H groups in total. The third-order valence-electron chi connectivity index (χ3n) is 5.81. The number of rotatable bonds is 8. The van der Waals surface area contributed by atoms with E-state index in [1.54, 1.807) is 42.7 Å². The summed E-state index contributed by atoms with van der Waals surface area (Å²) in [4.78, 5) is 31.8. The molecule has 4 rings (SSSR count). The fourth-order valence-corrected chi connectivity index (χ4v) is 5.43. The number of nitrogens with zero attached hydrogens (tertiary/aromatic N) is 2. The quantitative estimate of drug-likeness (QED) is 0.315. The molecule has 1 aliphatic rings. The molecular weight excluding hydrogens is 512 g/mol. The minimum atomic E-state index is -0.661. The first-order valence-electron chi connectivity index (χ1n) is 11.7. The first kappa shape index (κ1) is 26.4. The number of hydrogen-bond acceptors (Lipinski definition) is 7. The number of carbonyl (C=O) groups excluding carboxylic acids is 1. The molecule has 0 spiro atoms. The van der Waals surface area contributed by atoms with Gasteiger partial charge in [0.05, 0.1) is 40.6 Å². The van der Waals surface area contributed by atoms with Crippen molar-refractivity contribution in [2.24, 2.45) is 4.99 Å². The van der Waals surface area contributed by atoms with Gasteiger partial charge in [0.15, 0.2) is 16.3 Å². The average Bonchev–Trinajstić information content (AvgIpc) is 3.17. The zero-order chi connectivity index (χ0) is 26.7. The van der Waals surface area contributed by atoms with Gasteiger partial charge in [-0.05, 0) is 50.1 Å². The van der Waals surface area contributed by atoms with Crippen LogP contribution < -0.4 is 24.4 Å². The van der Waals surface area contributed by atoms with E-state index in [2.05, 4.69) is 11.6 Å². The molecule has 1 atom stereocenters. The fourth-order valence-electron chi connectivity index (χ4n) is 4.11. The Labute approximate surface area is 223 Å². The summed E-state index contributed by atoms with van der Waals surface area (Å²) in [6.07, 6.45) is 3.34. The Morgan fingerprint density at radius 1 is 1.24 bits per heavy atom. The van der Waals surface area contributed by atoms with Gasteiger partial charge in [0.25, 0.3) is 5.56 Å². The van der Waals surface area contributed by atoms with Crippen LogP contribution in [0.5, 0.6) is 11.5 Å². The molecule has 1 aromatic heterocycles. The van der Waals surface area contributed by atoms with E-state index in [1.165, 1.54) is 18.4 Å².